The third-order valence-electron chi connectivity index (χ3n) is 1.89. The predicted molar refractivity (Wildman–Crippen MR) is 50.4 cm³/mol. The average Bonchev–Trinajstić information content (AvgIpc) is 2.11. The van der Waals surface area contributed by atoms with Crippen LogP contribution in [0.5, 0.6) is 0 Å². The molecule has 0 aromatic carbocycles. The molecule has 0 aliphatic rings. The second kappa shape index (κ2) is 6.86. The molecular weight excluding hydrogens is 170 g/mol. The van der Waals surface area contributed by atoms with Gasteiger partial charge in [-0.3, -0.25) is 9.69 Å². The Morgan fingerprint density at radius 1 is 1.54 bits per heavy atom. The minimum atomic E-state index is -0.230. The van der Waals surface area contributed by atoms with Crippen molar-refractivity contribution in [1.29, 1.82) is 0 Å². The molecule has 4 heteroatoms. The molecule has 0 unspecified atom stereocenters. The standard InChI is InChI=1S/C9H19NO3/c1-8(2)10(5-4-6-11)7-9(12)13-3/h8,11H,4-7H2,1-3H3. The minimum absolute atomic E-state index is 0.157. The van der Waals surface area contributed by atoms with Crippen molar-refractivity contribution < 1.29 is 14.6 Å². The summed E-state index contributed by atoms with van der Waals surface area (Å²) in [6.07, 6.45) is 0.690. The van der Waals surface area contributed by atoms with Crippen LogP contribution in [0.2, 0.25) is 0 Å². The normalized spacial score (nSPS) is 10.9. The zero-order valence-electron chi connectivity index (χ0n) is 8.62. The summed E-state index contributed by atoms with van der Waals surface area (Å²) in [7, 11) is 1.38. The van der Waals surface area contributed by atoms with Gasteiger partial charge in [-0.05, 0) is 20.3 Å². The third-order valence-corrected chi connectivity index (χ3v) is 1.89. The SMILES string of the molecule is COC(=O)CN(CCCO)C(C)C. The van der Waals surface area contributed by atoms with Gasteiger partial charge in [0.15, 0.2) is 0 Å². The monoisotopic (exact) mass is 189 g/mol. The Balaban J connectivity index is 3.87. The van der Waals surface area contributed by atoms with E-state index in [0.29, 0.717) is 19.0 Å². The summed E-state index contributed by atoms with van der Waals surface area (Å²) < 4.78 is 4.57. The molecule has 0 aromatic rings. The van der Waals surface area contributed by atoms with Gasteiger partial charge in [-0.25, -0.2) is 0 Å². The summed E-state index contributed by atoms with van der Waals surface area (Å²) in [5.41, 5.74) is 0. The third kappa shape index (κ3) is 5.60. The molecule has 0 bridgehead atoms. The van der Waals surface area contributed by atoms with Crippen LogP contribution in [0.15, 0.2) is 0 Å². The number of carbonyl (C=O) groups excluding carboxylic acids is 1. The van der Waals surface area contributed by atoms with E-state index in [9.17, 15) is 4.79 Å². The number of rotatable bonds is 6. The van der Waals surface area contributed by atoms with Gasteiger partial charge in [-0.15, -0.1) is 0 Å². The number of hydrogen-bond acceptors (Lipinski definition) is 4. The van der Waals surface area contributed by atoms with Gasteiger partial charge in [0, 0.05) is 19.2 Å². The Morgan fingerprint density at radius 3 is 2.54 bits per heavy atom. The molecule has 0 heterocycles. The molecule has 0 atom stereocenters. The van der Waals surface area contributed by atoms with E-state index in [0.717, 1.165) is 6.54 Å². The fourth-order valence-electron chi connectivity index (χ4n) is 1.02. The molecule has 0 amide bonds. The van der Waals surface area contributed by atoms with Crippen molar-refractivity contribution in [3.63, 3.8) is 0 Å². The number of nitrogens with zero attached hydrogens (tertiary/aromatic N) is 1. The molecule has 0 spiro atoms. The number of carbonyl (C=O) groups is 1. The molecule has 0 aliphatic carbocycles. The highest BCUT2D eigenvalue weighted by atomic mass is 16.5. The Bertz CT molecular complexity index is 148. The number of esters is 1. The van der Waals surface area contributed by atoms with Crippen molar-refractivity contribution in [3.8, 4) is 0 Å². The molecule has 0 saturated carbocycles. The first-order valence-electron chi connectivity index (χ1n) is 4.53. The van der Waals surface area contributed by atoms with E-state index < -0.39 is 0 Å². The summed E-state index contributed by atoms with van der Waals surface area (Å²) in [4.78, 5) is 12.9. The van der Waals surface area contributed by atoms with Gasteiger partial charge >= 0.3 is 5.97 Å². The zero-order chi connectivity index (χ0) is 10.3. The first-order chi connectivity index (χ1) is 6.11. The highest BCUT2D eigenvalue weighted by molar-refractivity contribution is 5.71. The zero-order valence-corrected chi connectivity index (χ0v) is 8.62. The van der Waals surface area contributed by atoms with E-state index in [2.05, 4.69) is 4.74 Å². The molecule has 78 valence electrons. The Kier molecular flexibility index (Phi) is 6.54. The summed E-state index contributed by atoms with van der Waals surface area (Å²) in [5.74, 6) is -0.230. The van der Waals surface area contributed by atoms with Crippen LogP contribution in [-0.2, 0) is 9.53 Å². The lowest BCUT2D eigenvalue weighted by atomic mass is 10.3. The Morgan fingerprint density at radius 2 is 2.15 bits per heavy atom. The Labute approximate surface area is 79.5 Å². The molecule has 13 heavy (non-hydrogen) atoms. The minimum Gasteiger partial charge on any atom is -0.468 e. The maximum absolute atomic E-state index is 11.0. The number of aliphatic hydroxyl groups is 1. The van der Waals surface area contributed by atoms with Crippen LogP contribution in [0, 0.1) is 0 Å². The van der Waals surface area contributed by atoms with Crippen LogP contribution >= 0.6 is 0 Å². The summed E-state index contributed by atoms with van der Waals surface area (Å²) >= 11 is 0. The number of methoxy groups -OCH3 is 1. The maximum Gasteiger partial charge on any atom is 0.319 e. The highest BCUT2D eigenvalue weighted by Gasteiger charge is 2.13. The van der Waals surface area contributed by atoms with Gasteiger partial charge in [-0.2, -0.15) is 0 Å². The van der Waals surface area contributed by atoms with Crippen molar-refractivity contribution in [3.05, 3.63) is 0 Å². The molecule has 0 aliphatic heterocycles. The summed E-state index contributed by atoms with van der Waals surface area (Å²) in [6.45, 7) is 5.21. The fourth-order valence-corrected chi connectivity index (χ4v) is 1.02. The predicted octanol–water partition coefficient (Wildman–Crippen LogP) is 0.252. The second-order valence-corrected chi connectivity index (χ2v) is 3.22. The highest BCUT2D eigenvalue weighted by Crippen LogP contribution is 1.99. The maximum atomic E-state index is 11.0. The van der Waals surface area contributed by atoms with E-state index in [1.165, 1.54) is 7.11 Å². The molecule has 0 rings (SSSR count). The van der Waals surface area contributed by atoms with Crippen molar-refractivity contribution in [2.24, 2.45) is 0 Å². The van der Waals surface area contributed by atoms with Crippen LogP contribution in [0.4, 0.5) is 0 Å². The molecular formula is C9H19NO3. The van der Waals surface area contributed by atoms with Crippen molar-refractivity contribution in [2.45, 2.75) is 26.3 Å². The van der Waals surface area contributed by atoms with Crippen LogP contribution < -0.4 is 0 Å². The Hall–Kier alpha value is -0.610. The smallest absolute Gasteiger partial charge is 0.319 e. The summed E-state index contributed by atoms with van der Waals surface area (Å²) in [6, 6.07) is 0.297. The van der Waals surface area contributed by atoms with Crippen LogP contribution in [0.25, 0.3) is 0 Å². The van der Waals surface area contributed by atoms with Gasteiger partial charge in [-0.1, -0.05) is 0 Å². The molecule has 1 N–H and O–H groups in total. The van der Waals surface area contributed by atoms with Gasteiger partial charge in [0.25, 0.3) is 0 Å². The molecule has 4 nitrogen and oxygen atoms in total. The van der Waals surface area contributed by atoms with Crippen molar-refractivity contribution in [1.82, 2.24) is 4.90 Å². The number of ether oxygens (including phenoxy) is 1. The second-order valence-electron chi connectivity index (χ2n) is 3.22. The lowest BCUT2D eigenvalue weighted by molar-refractivity contribution is -0.142. The van der Waals surface area contributed by atoms with Gasteiger partial charge in [0.05, 0.1) is 13.7 Å². The lowest BCUT2D eigenvalue weighted by Crippen LogP contribution is -2.37. The molecule has 0 aromatic heterocycles. The molecule has 0 radical (unpaired) electrons. The van der Waals surface area contributed by atoms with E-state index in [-0.39, 0.29) is 12.6 Å². The number of hydrogen-bond donors (Lipinski definition) is 1. The van der Waals surface area contributed by atoms with E-state index in [1.807, 2.05) is 18.7 Å². The first kappa shape index (κ1) is 12.4. The van der Waals surface area contributed by atoms with Crippen molar-refractivity contribution in [2.75, 3.05) is 26.8 Å². The number of aliphatic hydroxyl groups excluding tert-OH is 1. The quantitative estimate of drug-likeness (QED) is 0.609. The van der Waals surface area contributed by atoms with Crippen LogP contribution in [-0.4, -0.2) is 48.8 Å². The van der Waals surface area contributed by atoms with Crippen molar-refractivity contribution >= 4 is 5.97 Å². The summed E-state index contributed by atoms with van der Waals surface area (Å²) in [5, 5.41) is 8.65. The van der Waals surface area contributed by atoms with Gasteiger partial charge in [0.1, 0.15) is 0 Å². The van der Waals surface area contributed by atoms with E-state index in [1.54, 1.807) is 0 Å². The fraction of sp³-hybridized carbons (Fsp3) is 0.889. The first-order valence-corrected chi connectivity index (χ1v) is 4.53. The van der Waals surface area contributed by atoms with E-state index in [4.69, 9.17) is 5.11 Å². The van der Waals surface area contributed by atoms with Gasteiger partial charge in [0.2, 0.25) is 0 Å². The molecule has 0 saturated heterocycles. The van der Waals surface area contributed by atoms with Gasteiger partial charge < -0.3 is 9.84 Å². The average molecular weight is 189 g/mol. The van der Waals surface area contributed by atoms with Crippen LogP contribution in [0.3, 0.4) is 0 Å². The van der Waals surface area contributed by atoms with E-state index >= 15 is 0 Å². The topological polar surface area (TPSA) is 49.8 Å². The lowest BCUT2D eigenvalue weighted by Gasteiger charge is -2.24. The molecule has 0 fully saturated rings. The largest absolute Gasteiger partial charge is 0.468 e. The van der Waals surface area contributed by atoms with Crippen LogP contribution in [0.1, 0.15) is 20.3 Å².